The number of thiazole rings is 1. The summed E-state index contributed by atoms with van der Waals surface area (Å²) in [6, 6.07) is 8.32. The molecule has 0 bridgehead atoms. The average molecular weight is 499 g/mol. The van der Waals surface area contributed by atoms with Crippen molar-refractivity contribution in [2.45, 2.75) is 33.4 Å². The fraction of sp³-hybridized carbons (Fsp3) is 0.421. The van der Waals surface area contributed by atoms with E-state index in [1.807, 2.05) is 31.0 Å². The molecule has 0 unspecified atom stereocenters. The maximum Gasteiger partial charge on any atom is 0.244 e. The minimum absolute atomic E-state index is 0. The van der Waals surface area contributed by atoms with Gasteiger partial charge in [-0.05, 0) is 31.4 Å². The van der Waals surface area contributed by atoms with Crippen LogP contribution in [-0.4, -0.2) is 41.4 Å². The van der Waals surface area contributed by atoms with Crippen LogP contribution < -0.4 is 10.6 Å². The number of hydrogen-bond donors (Lipinski definition) is 2. The minimum Gasteiger partial charge on any atom is -0.357 e. The van der Waals surface area contributed by atoms with Gasteiger partial charge in [0.15, 0.2) is 5.96 Å². The molecule has 27 heavy (non-hydrogen) atoms. The SMILES string of the molecule is CCNC(=NCC(=O)N1CCc2ccccc2C1)NCc1ncc(C)s1.I. The number of guanidine groups is 1. The van der Waals surface area contributed by atoms with E-state index >= 15 is 0 Å². The van der Waals surface area contributed by atoms with Crippen LogP contribution in [0.4, 0.5) is 0 Å². The van der Waals surface area contributed by atoms with E-state index in [-0.39, 0.29) is 36.4 Å². The number of halogens is 1. The first kappa shape index (κ1) is 21.6. The van der Waals surface area contributed by atoms with E-state index in [9.17, 15) is 4.79 Å². The maximum atomic E-state index is 12.5. The van der Waals surface area contributed by atoms with Crippen molar-refractivity contribution in [2.24, 2.45) is 4.99 Å². The Labute approximate surface area is 181 Å². The normalized spacial score (nSPS) is 13.6. The highest BCUT2D eigenvalue weighted by Gasteiger charge is 2.20. The molecule has 2 heterocycles. The Bertz CT molecular complexity index is 792. The van der Waals surface area contributed by atoms with Gasteiger partial charge in [0, 0.05) is 30.7 Å². The number of rotatable bonds is 5. The van der Waals surface area contributed by atoms with E-state index in [1.54, 1.807) is 11.3 Å². The van der Waals surface area contributed by atoms with Crippen molar-refractivity contribution in [3.63, 3.8) is 0 Å². The van der Waals surface area contributed by atoms with Crippen LogP contribution in [-0.2, 0) is 24.3 Å². The van der Waals surface area contributed by atoms with Crippen molar-refractivity contribution < 1.29 is 4.79 Å². The fourth-order valence-corrected chi connectivity index (χ4v) is 3.67. The van der Waals surface area contributed by atoms with Crippen LogP contribution in [0.5, 0.6) is 0 Å². The van der Waals surface area contributed by atoms with Crippen molar-refractivity contribution in [2.75, 3.05) is 19.6 Å². The van der Waals surface area contributed by atoms with Crippen LogP contribution in [0.15, 0.2) is 35.5 Å². The first-order valence-electron chi connectivity index (χ1n) is 8.93. The maximum absolute atomic E-state index is 12.5. The van der Waals surface area contributed by atoms with Crippen LogP contribution in [0, 0.1) is 6.92 Å². The third kappa shape index (κ3) is 6.17. The van der Waals surface area contributed by atoms with Crippen LogP contribution >= 0.6 is 35.3 Å². The van der Waals surface area contributed by atoms with Crippen molar-refractivity contribution in [1.82, 2.24) is 20.5 Å². The lowest BCUT2D eigenvalue weighted by Gasteiger charge is -2.28. The smallest absolute Gasteiger partial charge is 0.244 e. The van der Waals surface area contributed by atoms with Crippen molar-refractivity contribution in [3.05, 3.63) is 51.5 Å². The van der Waals surface area contributed by atoms with E-state index in [1.165, 1.54) is 16.0 Å². The van der Waals surface area contributed by atoms with Crippen molar-refractivity contribution >= 4 is 47.2 Å². The van der Waals surface area contributed by atoms with E-state index in [4.69, 9.17) is 0 Å². The van der Waals surface area contributed by atoms with Gasteiger partial charge in [0.25, 0.3) is 0 Å². The Balaban J connectivity index is 0.00000261. The third-order valence-corrected chi connectivity index (χ3v) is 5.19. The monoisotopic (exact) mass is 499 g/mol. The molecule has 1 aliphatic rings. The van der Waals surface area contributed by atoms with Gasteiger partial charge in [0.05, 0.1) is 6.54 Å². The highest BCUT2D eigenvalue weighted by atomic mass is 127. The number of carbonyl (C=O) groups is 1. The van der Waals surface area contributed by atoms with Crippen LogP contribution in [0.3, 0.4) is 0 Å². The molecular formula is C19H26IN5OS. The Hall–Kier alpha value is -1.68. The van der Waals surface area contributed by atoms with Gasteiger partial charge in [-0.1, -0.05) is 24.3 Å². The summed E-state index contributed by atoms with van der Waals surface area (Å²) < 4.78 is 0. The standard InChI is InChI=1S/C19H25N5OS.HI/c1-3-20-19(22-11-17-21-10-14(2)26-17)23-12-18(25)24-9-8-15-6-4-5-7-16(15)13-24;/h4-7,10H,3,8-9,11-13H2,1-2H3,(H2,20,22,23);1H. The first-order chi connectivity index (χ1) is 12.7. The topological polar surface area (TPSA) is 69.6 Å². The lowest BCUT2D eigenvalue weighted by molar-refractivity contribution is -0.130. The Morgan fingerprint density at radius 2 is 2.07 bits per heavy atom. The number of nitrogens with zero attached hydrogens (tertiary/aromatic N) is 3. The first-order valence-corrected chi connectivity index (χ1v) is 9.75. The predicted octanol–water partition coefficient (Wildman–Crippen LogP) is 2.71. The predicted molar refractivity (Wildman–Crippen MR) is 121 cm³/mol. The summed E-state index contributed by atoms with van der Waals surface area (Å²) in [5.41, 5.74) is 2.58. The van der Waals surface area contributed by atoms with E-state index in [2.05, 4.69) is 38.8 Å². The van der Waals surface area contributed by atoms with E-state index in [0.29, 0.717) is 19.0 Å². The molecular weight excluding hydrogens is 473 g/mol. The quantitative estimate of drug-likeness (QED) is 0.377. The molecule has 0 fully saturated rings. The number of hydrogen-bond acceptors (Lipinski definition) is 4. The molecule has 1 aliphatic heterocycles. The second-order valence-corrected chi connectivity index (χ2v) is 7.57. The van der Waals surface area contributed by atoms with E-state index in [0.717, 1.165) is 24.5 Å². The number of benzene rings is 1. The summed E-state index contributed by atoms with van der Waals surface area (Å²) >= 11 is 1.66. The highest BCUT2D eigenvalue weighted by Crippen LogP contribution is 2.18. The second-order valence-electron chi connectivity index (χ2n) is 6.25. The van der Waals surface area contributed by atoms with Gasteiger partial charge in [-0.2, -0.15) is 0 Å². The zero-order valence-electron chi connectivity index (χ0n) is 15.7. The zero-order chi connectivity index (χ0) is 18.4. The molecule has 2 aromatic rings. The molecule has 0 saturated heterocycles. The summed E-state index contributed by atoms with van der Waals surface area (Å²) in [7, 11) is 0. The molecule has 1 amide bonds. The van der Waals surface area contributed by atoms with Crippen LogP contribution in [0.2, 0.25) is 0 Å². The van der Waals surface area contributed by atoms with Crippen LogP contribution in [0.25, 0.3) is 0 Å². The summed E-state index contributed by atoms with van der Waals surface area (Å²) in [5, 5.41) is 7.43. The van der Waals surface area contributed by atoms with Gasteiger partial charge in [-0.15, -0.1) is 35.3 Å². The van der Waals surface area contributed by atoms with Gasteiger partial charge < -0.3 is 15.5 Å². The number of amides is 1. The van der Waals surface area contributed by atoms with Gasteiger partial charge in [-0.3, -0.25) is 4.79 Å². The number of aliphatic imine (C=N–C) groups is 1. The molecule has 0 atom stereocenters. The minimum atomic E-state index is 0. The molecule has 146 valence electrons. The number of fused-ring (bicyclic) bond motifs is 1. The average Bonchev–Trinajstić information content (AvgIpc) is 3.08. The number of aromatic nitrogens is 1. The summed E-state index contributed by atoms with van der Waals surface area (Å²) in [6.07, 6.45) is 2.77. The van der Waals surface area contributed by atoms with Crippen molar-refractivity contribution in [3.8, 4) is 0 Å². The summed E-state index contributed by atoms with van der Waals surface area (Å²) in [4.78, 5) is 24.4. The molecule has 6 nitrogen and oxygen atoms in total. The van der Waals surface area contributed by atoms with Crippen molar-refractivity contribution in [1.29, 1.82) is 0 Å². The molecule has 1 aromatic carbocycles. The molecule has 2 N–H and O–H groups in total. The molecule has 0 spiro atoms. The number of carbonyl (C=O) groups excluding carboxylic acids is 1. The molecule has 0 aliphatic carbocycles. The van der Waals surface area contributed by atoms with Gasteiger partial charge in [0.2, 0.25) is 5.91 Å². The highest BCUT2D eigenvalue weighted by molar-refractivity contribution is 14.0. The number of aryl methyl sites for hydroxylation is 1. The van der Waals surface area contributed by atoms with Gasteiger partial charge in [-0.25, -0.2) is 9.98 Å². The summed E-state index contributed by atoms with van der Waals surface area (Å²) in [5.74, 6) is 0.702. The van der Waals surface area contributed by atoms with E-state index < -0.39 is 0 Å². The summed E-state index contributed by atoms with van der Waals surface area (Å²) in [6.45, 7) is 6.97. The Morgan fingerprint density at radius 1 is 1.30 bits per heavy atom. The largest absolute Gasteiger partial charge is 0.357 e. The molecule has 0 saturated carbocycles. The fourth-order valence-electron chi connectivity index (χ4n) is 2.94. The van der Waals surface area contributed by atoms with Gasteiger partial charge >= 0.3 is 0 Å². The Morgan fingerprint density at radius 3 is 2.78 bits per heavy atom. The lowest BCUT2D eigenvalue weighted by atomic mass is 10.00. The third-order valence-electron chi connectivity index (χ3n) is 4.28. The molecule has 3 rings (SSSR count). The number of nitrogens with one attached hydrogen (secondary N) is 2. The zero-order valence-corrected chi connectivity index (χ0v) is 18.8. The molecule has 1 aromatic heterocycles. The lowest BCUT2D eigenvalue weighted by Crippen LogP contribution is -2.40. The van der Waals surface area contributed by atoms with Crippen LogP contribution in [0.1, 0.15) is 27.9 Å². The molecule has 0 radical (unpaired) electrons. The molecule has 8 heteroatoms. The van der Waals surface area contributed by atoms with Gasteiger partial charge in [0.1, 0.15) is 11.6 Å². The second kappa shape index (κ2) is 10.6. The Kier molecular flexibility index (Phi) is 8.49.